The molecule has 0 bridgehead atoms. The van der Waals surface area contributed by atoms with E-state index < -0.39 is 0 Å². The molecule has 0 atom stereocenters. The lowest BCUT2D eigenvalue weighted by Gasteiger charge is -2.08. The average Bonchev–Trinajstić information content (AvgIpc) is 3.08. The van der Waals surface area contributed by atoms with E-state index in [-0.39, 0.29) is 0 Å². The molecular weight excluding hydrogens is 292 g/mol. The Hall–Kier alpha value is -2.01. The third-order valence-electron chi connectivity index (χ3n) is 4.08. The molecule has 0 radical (unpaired) electrons. The van der Waals surface area contributed by atoms with Gasteiger partial charge in [0.1, 0.15) is 16.5 Å². The van der Waals surface area contributed by atoms with Gasteiger partial charge in [0.15, 0.2) is 0 Å². The largest absolute Gasteiger partial charge is 0.369 e. The molecule has 0 saturated heterocycles. The van der Waals surface area contributed by atoms with Gasteiger partial charge in [-0.15, -0.1) is 11.3 Å². The second-order valence-corrected chi connectivity index (χ2v) is 6.74. The number of rotatable bonds is 4. The van der Waals surface area contributed by atoms with E-state index in [1.807, 2.05) is 36.6 Å². The fraction of sp³-hybridized carbons (Fsp3) is 0.353. The van der Waals surface area contributed by atoms with Gasteiger partial charge in [-0.1, -0.05) is 6.07 Å². The van der Waals surface area contributed by atoms with Crippen LogP contribution in [-0.4, -0.2) is 21.5 Å². The summed E-state index contributed by atoms with van der Waals surface area (Å²) in [5, 5.41) is 4.76. The maximum atomic E-state index is 4.65. The molecule has 4 nitrogen and oxygen atoms in total. The van der Waals surface area contributed by atoms with Crippen LogP contribution in [0.2, 0.25) is 0 Å². The predicted octanol–water partition coefficient (Wildman–Crippen LogP) is 3.54. The first kappa shape index (κ1) is 13.6. The Morgan fingerprint density at radius 3 is 3.05 bits per heavy atom. The lowest BCUT2D eigenvalue weighted by molar-refractivity contribution is 0.915. The molecule has 1 aliphatic rings. The lowest BCUT2D eigenvalue weighted by atomic mass is 10.2. The average molecular weight is 310 g/mol. The van der Waals surface area contributed by atoms with Gasteiger partial charge in [0.25, 0.3) is 0 Å². The summed E-state index contributed by atoms with van der Waals surface area (Å²) in [6.07, 6.45) is 6.36. The summed E-state index contributed by atoms with van der Waals surface area (Å²) >= 11 is 1.84. The summed E-state index contributed by atoms with van der Waals surface area (Å²) < 4.78 is 0. The van der Waals surface area contributed by atoms with Crippen molar-refractivity contribution < 1.29 is 0 Å². The molecule has 0 aliphatic heterocycles. The van der Waals surface area contributed by atoms with E-state index in [4.69, 9.17) is 0 Å². The zero-order chi connectivity index (χ0) is 14.9. The second-order valence-electron chi connectivity index (χ2n) is 5.65. The number of thiophene rings is 1. The molecule has 22 heavy (non-hydrogen) atoms. The maximum absolute atomic E-state index is 4.65. The molecule has 5 heteroatoms. The Balaban J connectivity index is 1.61. The Labute approximate surface area is 133 Å². The van der Waals surface area contributed by atoms with E-state index in [1.165, 1.54) is 28.7 Å². The van der Waals surface area contributed by atoms with Gasteiger partial charge in [-0.3, -0.25) is 4.98 Å². The van der Waals surface area contributed by atoms with Gasteiger partial charge < -0.3 is 5.32 Å². The predicted molar refractivity (Wildman–Crippen MR) is 90.6 cm³/mol. The van der Waals surface area contributed by atoms with Gasteiger partial charge in [-0.05, 0) is 43.9 Å². The van der Waals surface area contributed by atoms with E-state index in [0.717, 1.165) is 41.6 Å². The van der Waals surface area contributed by atoms with E-state index in [2.05, 4.69) is 26.3 Å². The molecule has 1 aliphatic carbocycles. The zero-order valence-corrected chi connectivity index (χ0v) is 13.4. The van der Waals surface area contributed by atoms with E-state index >= 15 is 0 Å². The van der Waals surface area contributed by atoms with Gasteiger partial charge >= 0.3 is 0 Å². The molecule has 1 N–H and O–H groups in total. The van der Waals surface area contributed by atoms with Crippen LogP contribution in [0.4, 0.5) is 5.82 Å². The summed E-state index contributed by atoms with van der Waals surface area (Å²) in [6, 6.07) is 6.04. The van der Waals surface area contributed by atoms with Gasteiger partial charge in [0.05, 0.1) is 5.39 Å². The van der Waals surface area contributed by atoms with Crippen molar-refractivity contribution >= 4 is 27.4 Å². The summed E-state index contributed by atoms with van der Waals surface area (Å²) in [5.41, 5.74) is 2.58. The number of hydrogen-bond donors (Lipinski definition) is 1. The first-order chi connectivity index (χ1) is 10.8. The highest BCUT2D eigenvalue weighted by atomic mass is 32.1. The Morgan fingerprint density at radius 2 is 2.18 bits per heavy atom. The normalized spacial score (nSPS) is 13.5. The third kappa shape index (κ3) is 2.46. The van der Waals surface area contributed by atoms with Crippen LogP contribution in [0.15, 0.2) is 24.4 Å². The minimum absolute atomic E-state index is 0.840. The van der Waals surface area contributed by atoms with Crippen LogP contribution in [-0.2, 0) is 19.3 Å². The first-order valence-electron chi connectivity index (χ1n) is 7.74. The summed E-state index contributed by atoms with van der Waals surface area (Å²) in [4.78, 5) is 16.3. The molecule has 0 amide bonds. The summed E-state index contributed by atoms with van der Waals surface area (Å²) in [7, 11) is 0. The lowest BCUT2D eigenvalue weighted by Crippen LogP contribution is -2.08. The molecule has 3 aromatic rings. The zero-order valence-electron chi connectivity index (χ0n) is 12.6. The van der Waals surface area contributed by atoms with Crippen molar-refractivity contribution in [1.29, 1.82) is 0 Å². The Morgan fingerprint density at radius 1 is 1.23 bits per heavy atom. The monoisotopic (exact) mass is 310 g/mol. The topological polar surface area (TPSA) is 50.7 Å². The van der Waals surface area contributed by atoms with E-state index in [9.17, 15) is 0 Å². The summed E-state index contributed by atoms with van der Waals surface area (Å²) in [5.74, 6) is 1.84. The fourth-order valence-electron chi connectivity index (χ4n) is 3.09. The molecule has 3 aromatic heterocycles. The van der Waals surface area contributed by atoms with Crippen molar-refractivity contribution in [3.05, 3.63) is 46.4 Å². The highest BCUT2D eigenvalue weighted by molar-refractivity contribution is 7.19. The summed E-state index contributed by atoms with van der Waals surface area (Å²) in [6.45, 7) is 2.81. The number of aromatic nitrogens is 3. The van der Waals surface area contributed by atoms with Gasteiger partial charge in [-0.25, -0.2) is 9.97 Å². The third-order valence-corrected chi connectivity index (χ3v) is 5.26. The molecule has 0 unspecified atom stereocenters. The Kier molecular flexibility index (Phi) is 3.50. The highest BCUT2D eigenvalue weighted by Gasteiger charge is 2.21. The van der Waals surface area contributed by atoms with Gasteiger partial charge in [0.2, 0.25) is 0 Å². The van der Waals surface area contributed by atoms with Gasteiger partial charge in [0, 0.05) is 29.7 Å². The van der Waals surface area contributed by atoms with E-state index in [1.54, 1.807) is 0 Å². The SMILES string of the molecule is Cc1nc(NCCc2ccccn2)c2c3c(sc2n1)CCC3. The molecule has 0 saturated carbocycles. The number of nitrogens with zero attached hydrogens (tertiary/aromatic N) is 3. The number of nitrogens with one attached hydrogen (secondary N) is 1. The number of pyridine rings is 1. The van der Waals surface area contributed by atoms with Crippen LogP contribution < -0.4 is 5.32 Å². The van der Waals surface area contributed by atoms with Crippen molar-refractivity contribution in [2.75, 3.05) is 11.9 Å². The quantitative estimate of drug-likeness (QED) is 0.801. The number of anilines is 1. The molecular formula is C17H18N4S. The minimum atomic E-state index is 0.840. The number of fused-ring (bicyclic) bond motifs is 3. The maximum Gasteiger partial charge on any atom is 0.138 e. The van der Waals surface area contributed by atoms with Crippen molar-refractivity contribution in [1.82, 2.24) is 15.0 Å². The molecule has 3 heterocycles. The van der Waals surface area contributed by atoms with Crippen molar-refractivity contribution in [2.45, 2.75) is 32.6 Å². The van der Waals surface area contributed by atoms with Crippen molar-refractivity contribution in [3.8, 4) is 0 Å². The number of hydrogen-bond acceptors (Lipinski definition) is 5. The number of aryl methyl sites for hydroxylation is 3. The van der Waals surface area contributed by atoms with Crippen LogP contribution in [0.3, 0.4) is 0 Å². The first-order valence-corrected chi connectivity index (χ1v) is 8.55. The molecule has 0 spiro atoms. The molecule has 112 valence electrons. The van der Waals surface area contributed by atoms with E-state index in [0.29, 0.717) is 0 Å². The molecule has 0 aromatic carbocycles. The fourth-order valence-corrected chi connectivity index (χ4v) is 4.39. The Bertz CT molecular complexity index is 810. The van der Waals surface area contributed by atoms with Crippen LogP contribution in [0.1, 0.15) is 28.4 Å². The van der Waals surface area contributed by atoms with Crippen molar-refractivity contribution in [3.63, 3.8) is 0 Å². The van der Waals surface area contributed by atoms with Crippen LogP contribution in [0, 0.1) is 6.92 Å². The minimum Gasteiger partial charge on any atom is -0.369 e. The second kappa shape index (κ2) is 5.65. The van der Waals surface area contributed by atoms with Crippen molar-refractivity contribution in [2.24, 2.45) is 0 Å². The standard InChI is InChI=1S/C17H18N4S/c1-11-20-16(19-10-8-12-5-2-3-9-18-12)15-13-6-4-7-14(13)22-17(15)21-11/h2-3,5,9H,4,6-8,10H2,1H3,(H,19,20,21). The van der Waals surface area contributed by atoms with Crippen LogP contribution in [0.25, 0.3) is 10.2 Å². The smallest absolute Gasteiger partial charge is 0.138 e. The molecule has 0 fully saturated rings. The van der Waals surface area contributed by atoms with Crippen LogP contribution in [0.5, 0.6) is 0 Å². The molecule has 4 rings (SSSR count). The highest BCUT2D eigenvalue weighted by Crippen LogP contribution is 2.39. The van der Waals surface area contributed by atoms with Gasteiger partial charge in [-0.2, -0.15) is 0 Å². The van der Waals surface area contributed by atoms with Crippen LogP contribution >= 0.6 is 11.3 Å².